The SMILES string of the molecule is CCN(c1ccccc1C)S(=O)(=O)c1cc(C)c(CN)s1. The highest BCUT2D eigenvalue weighted by molar-refractivity contribution is 7.94. The van der Waals surface area contributed by atoms with Gasteiger partial charge in [0.25, 0.3) is 10.0 Å². The van der Waals surface area contributed by atoms with E-state index in [1.807, 2.05) is 45.0 Å². The van der Waals surface area contributed by atoms with Crippen molar-refractivity contribution in [2.45, 2.75) is 31.5 Å². The Labute approximate surface area is 130 Å². The molecule has 0 saturated carbocycles. The van der Waals surface area contributed by atoms with Crippen molar-refractivity contribution < 1.29 is 8.42 Å². The van der Waals surface area contributed by atoms with Crippen LogP contribution in [0.25, 0.3) is 0 Å². The van der Waals surface area contributed by atoms with E-state index in [-0.39, 0.29) is 0 Å². The zero-order valence-corrected chi connectivity index (χ0v) is 14.1. The molecule has 2 rings (SSSR count). The van der Waals surface area contributed by atoms with Crippen LogP contribution < -0.4 is 10.0 Å². The average molecular weight is 324 g/mol. The van der Waals surface area contributed by atoms with Crippen LogP contribution in [0.2, 0.25) is 0 Å². The molecule has 114 valence electrons. The molecule has 2 N–H and O–H groups in total. The van der Waals surface area contributed by atoms with E-state index in [9.17, 15) is 8.42 Å². The minimum Gasteiger partial charge on any atom is -0.326 e. The first-order valence-electron chi connectivity index (χ1n) is 6.79. The predicted molar refractivity (Wildman–Crippen MR) is 88.3 cm³/mol. The number of para-hydroxylation sites is 1. The molecule has 0 aliphatic heterocycles. The van der Waals surface area contributed by atoms with Crippen molar-refractivity contribution in [3.8, 4) is 0 Å². The van der Waals surface area contributed by atoms with Crippen LogP contribution in [0.15, 0.2) is 34.5 Å². The number of sulfonamides is 1. The van der Waals surface area contributed by atoms with E-state index in [0.717, 1.165) is 21.7 Å². The lowest BCUT2D eigenvalue weighted by Gasteiger charge is -2.23. The normalized spacial score (nSPS) is 11.6. The van der Waals surface area contributed by atoms with Gasteiger partial charge in [-0.3, -0.25) is 4.31 Å². The first-order chi connectivity index (χ1) is 9.91. The summed E-state index contributed by atoms with van der Waals surface area (Å²) >= 11 is 1.26. The summed E-state index contributed by atoms with van der Waals surface area (Å²) in [5.41, 5.74) is 8.25. The van der Waals surface area contributed by atoms with Gasteiger partial charge >= 0.3 is 0 Å². The topological polar surface area (TPSA) is 63.4 Å². The van der Waals surface area contributed by atoms with Crippen LogP contribution in [-0.4, -0.2) is 15.0 Å². The molecule has 1 aromatic carbocycles. The van der Waals surface area contributed by atoms with Crippen molar-refractivity contribution >= 4 is 27.0 Å². The van der Waals surface area contributed by atoms with Crippen LogP contribution in [0.1, 0.15) is 22.9 Å². The number of aryl methyl sites for hydroxylation is 2. The van der Waals surface area contributed by atoms with E-state index < -0.39 is 10.0 Å². The molecule has 1 aromatic heterocycles. The average Bonchev–Trinajstić information content (AvgIpc) is 2.83. The van der Waals surface area contributed by atoms with Gasteiger partial charge in [-0.25, -0.2) is 8.42 Å². The van der Waals surface area contributed by atoms with Crippen LogP contribution in [0.3, 0.4) is 0 Å². The van der Waals surface area contributed by atoms with Gasteiger partial charge in [0.15, 0.2) is 0 Å². The Bertz CT molecular complexity index is 736. The summed E-state index contributed by atoms with van der Waals surface area (Å²) in [6.07, 6.45) is 0. The monoisotopic (exact) mass is 324 g/mol. The van der Waals surface area contributed by atoms with Crippen molar-refractivity contribution in [3.63, 3.8) is 0 Å². The molecule has 4 nitrogen and oxygen atoms in total. The molecule has 0 spiro atoms. The molecule has 0 radical (unpaired) electrons. The molecule has 0 bridgehead atoms. The van der Waals surface area contributed by atoms with Crippen molar-refractivity contribution in [2.75, 3.05) is 10.8 Å². The number of anilines is 1. The number of nitrogens with zero attached hydrogens (tertiary/aromatic N) is 1. The van der Waals surface area contributed by atoms with E-state index in [1.54, 1.807) is 6.07 Å². The lowest BCUT2D eigenvalue weighted by atomic mass is 10.2. The van der Waals surface area contributed by atoms with E-state index in [1.165, 1.54) is 15.6 Å². The highest BCUT2D eigenvalue weighted by atomic mass is 32.2. The third kappa shape index (κ3) is 2.97. The molecular weight excluding hydrogens is 304 g/mol. The molecule has 6 heteroatoms. The van der Waals surface area contributed by atoms with Gasteiger partial charge in [-0.2, -0.15) is 0 Å². The largest absolute Gasteiger partial charge is 0.326 e. The summed E-state index contributed by atoms with van der Waals surface area (Å²) < 4.78 is 27.6. The number of thiophene rings is 1. The fraction of sp³-hybridized carbons (Fsp3) is 0.333. The van der Waals surface area contributed by atoms with Crippen molar-refractivity contribution in [1.29, 1.82) is 0 Å². The zero-order valence-electron chi connectivity index (χ0n) is 12.5. The Kier molecular flexibility index (Phi) is 4.70. The molecular formula is C15H20N2O2S2. The number of benzene rings is 1. The maximum Gasteiger partial charge on any atom is 0.273 e. The van der Waals surface area contributed by atoms with Crippen LogP contribution in [-0.2, 0) is 16.6 Å². The van der Waals surface area contributed by atoms with Gasteiger partial charge in [0.2, 0.25) is 0 Å². The maximum absolute atomic E-state index is 12.9. The number of nitrogens with two attached hydrogens (primary N) is 1. The lowest BCUT2D eigenvalue weighted by Crippen LogP contribution is -2.30. The summed E-state index contributed by atoms with van der Waals surface area (Å²) in [5.74, 6) is 0. The highest BCUT2D eigenvalue weighted by Gasteiger charge is 2.27. The third-order valence-electron chi connectivity index (χ3n) is 3.40. The smallest absolute Gasteiger partial charge is 0.273 e. The van der Waals surface area contributed by atoms with Gasteiger partial charge in [0.1, 0.15) is 4.21 Å². The minimum absolute atomic E-state index is 0.352. The molecule has 0 aliphatic carbocycles. The van der Waals surface area contributed by atoms with Crippen molar-refractivity contribution in [3.05, 3.63) is 46.3 Å². The molecule has 0 aliphatic rings. The Hall–Kier alpha value is -1.37. The summed E-state index contributed by atoms with van der Waals surface area (Å²) in [5, 5.41) is 0. The van der Waals surface area contributed by atoms with E-state index >= 15 is 0 Å². The van der Waals surface area contributed by atoms with E-state index in [4.69, 9.17) is 5.73 Å². The number of hydrogen-bond donors (Lipinski definition) is 1. The first-order valence-corrected chi connectivity index (χ1v) is 9.05. The van der Waals surface area contributed by atoms with Crippen LogP contribution in [0.5, 0.6) is 0 Å². The molecule has 0 fully saturated rings. The number of hydrogen-bond acceptors (Lipinski definition) is 4. The predicted octanol–water partition coefficient (Wildman–Crippen LogP) is 3.04. The van der Waals surface area contributed by atoms with Gasteiger partial charge in [-0.1, -0.05) is 18.2 Å². The number of rotatable bonds is 5. The standard InChI is InChI=1S/C15H20N2O2S2/c1-4-17(13-8-6-5-7-11(13)2)21(18,19)15-9-12(3)14(10-16)20-15/h5-9H,4,10,16H2,1-3H3. The van der Waals surface area contributed by atoms with Crippen LogP contribution in [0, 0.1) is 13.8 Å². The third-order valence-corrected chi connectivity index (χ3v) is 7.00. The summed E-state index contributed by atoms with van der Waals surface area (Å²) in [7, 11) is -3.54. The molecule has 0 saturated heterocycles. The second kappa shape index (κ2) is 6.17. The molecule has 2 aromatic rings. The van der Waals surface area contributed by atoms with Gasteiger partial charge in [-0.15, -0.1) is 11.3 Å². The highest BCUT2D eigenvalue weighted by Crippen LogP contribution is 2.32. The van der Waals surface area contributed by atoms with Crippen molar-refractivity contribution in [2.24, 2.45) is 5.73 Å². The summed E-state index contributed by atoms with van der Waals surface area (Å²) in [6.45, 7) is 6.40. The quantitative estimate of drug-likeness (QED) is 0.919. The van der Waals surface area contributed by atoms with Crippen molar-refractivity contribution in [1.82, 2.24) is 0 Å². The van der Waals surface area contributed by atoms with E-state index in [2.05, 4.69) is 0 Å². The van der Waals surface area contributed by atoms with E-state index in [0.29, 0.717) is 17.3 Å². The van der Waals surface area contributed by atoms with Gasteiger partial charge in [0.05, 0.1) is 5.69 Å². The fourth-order valence-electron chi connectivity index (χ4n) is 2.24. The Morgan fingerprint density at radius 3 is 2.38 bits per heavy atom. The van der Waals surface area contributed by atoms with Crippen LogP contribution >= 0.6 is 11.3 Å². The maximum atomic E-state index is 12.9. The molecule has 0 unspecified atom stereocenters. The molecule has 1 heterocycles. The first kappa shape index (κ1) is 16.0. The lowest BCUT2D eigenvalue weighted by molar-refractivity contribution is 0.593. The molecule has 0 atom stereocenters. The minimum atomic E-state index is -3.54. The Balaban J connectivity index is 2.52. The summed E-state index contributed by atoms with van der Waals surface area (Å²) in [4.78, 5) is 0.911. The molecule has 0 amide bonds. The fourth-order valence-corrected chi connectivity index (χ4v) is 5.36. The molecule has 21 heavy (non-hydrogen) atoms. The van der Waals surface area contributed by atoms with Crippen LogP contribution in [0.4, 0.5) is 5.69 Å². The summed E-state index contributed by atoms with van der Waals surface area (Å²) in [6, 6.07) is 9.22. The Morgan fingerprint density at radius 1 is 1.19 bits per heavy atom. The zero-order chi connectivity index (χ0) is 15.6. The second-order valence-corrected chi connectivity index (χ2v) is 8.06. The van der Waals surface area contributed by atoms with Gasteiger partial charge in [0, 0.05) is 18.0 Å². The van der Waals surface area contributed by atoms with Gasteiger partial charge < -0.3 is 5.73 Å². The Morgan fingerprint density at radius 2 is 1.86 bits per heavy atom. The van der Waals surface area contributed by atoms with Gasteiger partial charge in [-0.05, 0) is 44.0 Å². The second-order valence-electron chi connectivity index (χ2n) is 4.83.